The lowest BCUT2D eigenvalue weighted by molar-refractivity contribution is 0.0697. The first kappa shape index (κ1) is 15.4. The number of carbonyl (C=O) groups is 1. The molecular weight excluding hydrogens is 266 g/mol. The summed E-state index contributed by atoms with van der Waals surface area (Å²) in [6.45, 7) is 6.91. The molecule has 0 heterocycles. The Kier molecular flexibility index (Phi) is 4.85. The zero-order valence-electron chi connectivity index (χ0n) is 10.9. The van der Waals surface area contributed by atoms with Crippen molar-refractivity contribution in [1.29, 1.82) is 0 Å². The number of hydrogen-bond acceptors (Lipinski definition) is 3. The zero-order valence-corrected chi connectivity index (χ0v) is 11.7. The zero-order chi connectivity index (χ0) is 14.6. The summed E-state index contributed by atoms with van der Waals surface area (Å²) in [6.07, 6.45) is 0. The van der Waals surface area contributed by atoms with Gasteiger partial charge in [0.15, 0.2) is 0 Å². The van der Waals surface area contributed by atoms with Gasteiger partial charge in [0, 0.05) is 6.04 Å². The summed E-state index contributed by atoms with van der Waals surface area (Å²) in [6, 6.07) is 5.66. The van der Waals surface area contributed by atoms with Gasteiger partial charge in [-0.25, -0.2) is 17.9 Å². The summed E-state index contributed by atoms with van der Waals surface area (Å²) >= 11 is 0. The molecule has 0 saturated carbocycles. The van der Waals surface area contributed by atoms with Crippen LogP contribution in [0.2, 0.25) is 0 Å². The van der Waals surface area contributed by atoms with Gasteiger partial charge in [0.2, 0.25) is 10.0 Å². The van der Waals surface area contributed by atoms with E-state index in [9.17, 15) is 13.2 Å². The summed E-state index contributed by atoms with van der Waals surface area (Å²) in [5.41, 5.74) is 1.43. The van der Waals surface area contributed by atoms with E-state index in [1.54, 1.807) is 26.0 Å². The van der Waals surface area contributed by atoms with Gasteiger partial charge in [-0.15, -0.1) is 0 Å². The van der Waals surface area contributed by atoms with Crippen LogP contribution in [0.15, 0.2) is 36.4 Å². The highest BCUT2D eigenvalue weighted by molar-refractivity contribution is 7.89. The van der Waals surface area contributed by atoms with E-state index in [0.717, 1.165) is 0 Å². The second kappa shape index (κ2) is 5.99. The highest BCUT2D eigenvalue weighted by Gasteiger charge is 2.16. The van der Waals surface area contributed by atoms with Gasteiger partial charge in [-0.1, -0.05) is 24.3 Å². The largest absolute Gasteiger partial charge is 0.478 e. The van der Waals surface area contributed by atoms with Crippen LogP contribution >= 0.6 is 0 Å². The van der Waals surface area contributed by atoms with E-state index in [-0.39, 0.29) is 11.3 Å². The SMILES string of the molecule is C=C(C)CS(=O)(=O)N[C@H](C)c1ccc(C(=O)O)cc1. The quantitative estimate of drug-likeness (QED) is 0.781. The number of benzene rings is 1. The van der Waals surface area contributed by atoms with E-state index in [1.807, 2.05) is 0 Å². The molecule has 1 aromatic rings. The Morgan fingerprint density at radius 3 is 2.32 bits per heavy atom. The first-order valence-corrected chi connectivity index (χ1v) is 7.34. The molecule has 0 aliphatic carbocycles. The fourth-order valence-corrected chi connectivity index (χ4v) is 3.02. The third kappa shape index (κ3) is 4.84. The van der Waals surface area contributed by atoms with E-state index in [4.69, 9.17) is 5.11 Å². The monoisotopic (exact) mass is 283 g/mol. The molecule has 1 aromatic carbocycles. The lowest BCUT2D eigenvalue weighted by Crippen LogP contribution is -2.29. The van der Waals surface area contributed by atoms with Crippen molar-refractivity contribution in [3.63, 3.8) is 0 Å². The van der Waals surface area contributed by atoms with Crippen LogP contribution in [-0.2, 0) is 10.0 Å². The molecule has 2 N–H and O–H groups in total. The number of rotatable bonds is 6. The normalized spacial score (nSPS) is 12.9. The van der Waals surface area contributed by atoms with Crippen LogP contribution in [0.25, 0.3) is 0 Å². The molecule has 0 aliphatic heterocycles. The minimum atomic E-state index is -3.42. The molecule has 104 valence electrons. The van der Waals surface area contributed by atoms with Gasteiger partial charge in [-0.3, -0.25) is 0 Å². The second-order valence-corrected chi connectivity index (χ2v) is 6.24. The maximum Gasteiger partial charge on any atom is 0.335 e. The van der Waals surface area contributed by atoms with Crippen LogP contribution in [0, 0.1) is 0 Å². The van der Waals surface area contributed by atoms with E-state index >= 15 is 0 Å². The van der Waals surface area contributed by atoms with Gasteiger partial charge in [0.25, 0.3) is 0 Å². The molecule has 0 spiro atoms. The van der Waals surface area contributed by atoms with Crippen molar-refractivity contribution in [1.82, 2.24) is 4.72 Å². The maximum absolute atomic E-state index is 11.7. The second-order valence-electron chi connectivity index (χ2n) is 4.48. The van der Waals surface area contributed by atoms with E-state index in [2.05, 4.69) is 11.3 Å². The van der Waals surface area contributed by atoms with Gasteiger partial charge in [0.1, 0.15) is 0 Å². The fourth-order valence-electron chi connectivity index (χ4n) is 1.62. The average molecular weight is 283 g/mol. The van der Waals surface area contributed by atoms with Crippen LogP contribution in [0.4, 0.5) is 0 Å². The summed E-state index contributed by atoms with van der Waals surface area (Å²) in [7, 11) is -3.42. The van der Waals surface area contributed by atoms with Crippen LogP contribution in [0.1, 0.15) is 35.8 Å². The van der Waals surface area contributed by atoms with Gasteiger partial charge >= 0.3 is 5.97 Å². The Balaban J connectivity index is 2.81. The molecule has 0 radical (unpaired) electrons. The van der Waals surface area contributed by atoms with Crippen LogP contribution < -0.4 is 4.72 Å². The Morgan fingerprint density at radius 1 is 1.37 bits per heavy atom. The highest BCUT2D eigenvalue weighted by atomic mass is 32.2. The van der Waals surface area contributed by atoms with E-state index in [0.29, 0.717) is 11.1 Å². The molecule has 1 atom stereocenters. The fraction of sp³-hybridized carbons (Fsp3) is 0.308. The number of hydrogen-bond donors (Lipinski definition) is 2. The summed E-state index contributed by atoms with van der Waals surface area (Å²) in [5, 5.41) is 8.78. The van der Waals surface area contributed by atoms with Gasteiger partial charge in [0.05, 0.1) is 11.3 Å². The van der Waals surface area contributed by atoms with Crippen molar-refractivity contribution in [3.05, 3.63) is 47.5 Å². The Morgan fingerprint density at radius 2 is 1.89 bits per heavy atom. The number of sulfonamides is 1. The predicted octanol–water partition coefficient (Wildman–Crippen LogP) is 1.94. The molecule has 19 heavy (non-hydrogen) atoms. The van der Waals surface area contributed by atoms with Crippen molar-refractivity contribution >= 4 is 16.0 Å². The highest BCUT2D eigenvalue weighted by Crippen LogP contribution is 2.15. The third-order valence-electron chi connectivity index (χ3n) is 2.45. The van der Waals surface area contributed by atoms with Crippen LogP contribution in [0.5, 0.6) is 0 Å². The smallest absolute Gasteiger partial charge is 0.335 e. The summed E-state index contributed by atoms with van der Waals surface area (Å²) < 4.78 is 26.0. The molecule has 1 rings (SSSR count). The standard InChI is InChI=1S/C13H17NO4S/c1-9(2)8-19(17,18)14-10(3)11-4-6-12(7-5-11)13(15)16/h4-7,10,14H,1,8H2,2-3H3,(H,15,16)/t10-/m1/s1. The Labute approximate surface area is 113 Å². The molecule has 0 amide bonds. The molecule has 6 heteroatoms. The first-order valence-electron chi connectivity index (χ1n) is 5.69. The van der Waals surface area contributed by atoms with E-state index in [1.165, 1.54) is 12.1 Å². The van der Waals surface area contributed by atoms with Crippen molar-refractivity contribution in [2.45, 2.75) is 19.9 Å². The maximum atomic E-state index is 11.7. The first-order chi connectivity index (χ1) is 8.71. The topological polar surface area (TPSA) is 83.5 Å². The molecule has 0 fully saturated rings. The number of nitrogens with one attached hydrogen (secondary N) is 1. The molecule has 0 aliphatic rings. The van der Waals surface area contributed by atoms with Crippen molar-refractivity contribution in [2.24, 2.45) is 0 Å². The Hall–Kier alpha value is -1.66. The van der Waals surface area contributed by atoms with Crippen molar-refractivity contribution in [3.8, 4) is 0 Å². The molecule has 0 bridgehead atoms. The summed E-state index contributed by atoms with van der Waals surface area (Å²) in [4.78, 5) is 10.7. The molecule has 0 unspecified atom stereocenters. The van der Waals surface area contributed by atoms with E-state index < -0.39 is 22.0 Å². The van der Waals surface area contributed by atoms with Crippen molar-refractivity contribution < 1.29 is 18.3 Å². The molecule has 5 nitrogen and oxygen atoms in total. The van der Waals surface area contributed by atoms with Crippen molar-refractivity contribution in [2.75, 3.05) is 5.75 Å². The van der Waals surface area contributed by atoms with Crippen LogP contribution in [-0.4, -0.2) is 25.2 Å². The molecular formula is C13H17NO4S. The number of aromatic carboxylic acids is 1. The van der Waals surface area contributed by atoms with Crippen LogP contribution in [0.3, 0.4) is 0 Å². The lowest BCUT2D eigenvalue weighted by Gasteiger charge is -2.14. The minimum Gasteiger partial charge on any atom is -0.478 e. The third-order valence-corrected chi connectivity index (χ3v) is 4.04. The lowest BCUT2D eigenvalue weighted by atomic mass is 10.1. The molecule has 0 aromatic heterocycles. The van der Waals surface area contributed by atoms with Gasteiger partial charge in [-0.05, 0) is 31.5 Å². The Bertz CT molecular complexity index is 575. The molecule has 0 saturated heterocycles. The summed E-state index contributed by atoms with van der Waals surface area (Å²) in [5.74, 6) is -1.13. The number of carboxylic acids is 1. The predicted molar refractivity (Wildman–Crippen MR) is 73.6 cm³/mol. The van der Waals surface area contributed by atoms with Gasteiger partial charge < -0.3 is 5.11 Å². The average Bonchev–Trinajstić information content (AvgIpc) is 2.26. The number of carboxylic acid groups (broad SMARTS) is 1. The minimum absolute atomic E-state index is 0.120. The van der Waals surface area contributed by atoms with Gasteiger partial charge in [-0.2, -0.15) is 0 Å².